The summed E-state index contributed by atoms with van der Waals surface area (Å²) >= 11 is 0. The molecule has 0 unspecified atom stereocenters. The zero-order chi connectivity index (χ0) is 15.0. The summed E-state index contributed by atoms with van der Waals surface area (Å²) in [6.45, 7) is 0.459. The average molecular weight is 281 g/mol. The third-order valence-corrected chi connectivity index (χ3v) is 2.80. The van der Waals surface area contributed by atoms with E-state index in [2.05, 4.69) is 10.1 Å². The number of ether oxygens (including phenoxy) is 1. The number of carbonyl (C=O) groups is 2. The van der Waals surface area contributed by atoms with Crippen molar-refractivity contribution in [3.05, 3.63) is 23.8 Å². The van der Waals surface area contributed by atoms with Gasteiger partial charge in [-0.3, -0.25) is 9.59 Å². The molecular weight excluding hydrogens is 262 g/mol. The van der Waals surface area contributed by atoms with E-state index in [1.807, 2.05) is 0 Å². The van der Waals surface area contributed by atoms with Crippen LogP contribution in [0.5, 0.6) is 11.5 Å². The quantitative estimate of drug-likeness (QED) is 0.520. The molecule has 110 valence electrons. The Bertz CT molecular complexity index is 473. The monoisotopic (exact) mass is 281 g/mol. The fourth-order valence-corrected chi connectivity index (χ4v) is 1.68. The van der Waals surface area contributed by atoms with Crippen LogP contribution in [0, 0.1) is 0 Å². The van der Waals surface area contributed by atoms with E-state index in [-0.39, 0.29) is 23.0 Å². The van der Waals surface area contributed by atoms with Crippen molar-refractivity contribution >= 4 is 11.9 Å². The first kappa shape index (κ1) is 15.8. The number of amides is 1. The third kappa shape index (κ3) is 5.17. The van der Waals surface area contributed by atoms with Crippen molar-refractivity contribution in [2.45, 2.75) is 25.7 Å². The molecule has 20 heavy (non-hydrogen) atoms. The van der Waals surface area contributed by atoms with Crippen molar-refractivity contribution in [3.8, 4) is 11.5 Å². The molecule has 0 aliphatic rings. The number of aromatic hydroxyl groups is 2. The second kappa shape index (κ2) is 8.04. The lowest BCUT2D eigenvalue weighted by molar-refractivity contribution is -0.140. The largest absolute Gasteiger partial charge is 0.508 e. The Balaban J connectivity index is 2.25. The van der Waals surface area contributed by atoms with Crippen molar-refractivity contribution in [3.63, 3.8) is 0 Å². The highest BCUT2D eigenvalue weighted by molar-refractivity contribution is 5.96. The highest BCUT2D eigenvalue weighted by atomic mass is 16.5. The first-order valence-electron chi connectivity index (χ1n) is 6.41. The van der Waals surface area contributed by atoms with Gasteiger partial charge in [0.25, 0.3) is 5.91 Å². The van der Waals surface area contributed by atoms with Crippen molar-refractivity contribution in [2.24, 2.45) is 0 Å². The molecule has 0 heterocycles. The van der Waals surface area contributed by atoms with E-state index in [0.29, 0.717) is 19.4 Å². The maximum absolute atomic E-state index is 11.7. The van der Waals surface area contributed by atoms with Crippen molar-refractivity contribution in [2.75, 3.05) is 13.7 Å². The zero-order valence-corrected chi connectivity index (χ0v) is 11.4. The van der Waals surface area contributed by atoms with Crippen molar-refractivity contribution in [1.82, 2.24) is 5.32 Å². The minimum Gasteiger partial charge on any atom is -0.508 e. The van der Waals surface area contributed by atoms with Crippen LogP contribution in [-0.2, 0) is 9.53 Å². The van der Waals surface area contributed by atoms with Gasteiger partial charge in [-0.15, -0.1) is 0 Å². The Morgan fingerprint density at radius 3 is 2.60 bits per heavy atom. The molecule has 0 radical (unpaired) electrons. The SMILES string of the molecule is COC(=O)CCCCCNC(=O)c1ccc(O)cc1O. The second-order valence-corrected chi connectivity index (χ2v) is 4.34. The van der Waals surface area contributed by atoms with Gasteiger partial charge in [0.15, 0.2) is 0 Å². The average Bonchev–Trinajstić information content (AvgIpc) is 2.42. The van der Waals surface area contributed by atoms with Gasteiger partial charge >= 0.3 is 5.97 Å². The Morgan fingerprint density at radius 2 is 1.95 bits per heavy atom. The minimum atomic E-state index is -0.393. The van der Waals surface area contributed by atoms with Gasteiger partial charge in [0.2, 0.25) is 0 Å². The zero-order valence-electron chi connectivity index (χ0n) is 11.4. The molecule has 1 aromatic carbocycles. The molecule has 0 saturated carbocycles. The van der Waals surface area contributed by atoms with E-state index in [0.717, 1.165) is 18.9 Å². The molecule has 1 aromatic rings. The predicted octanol–water partition coefficient (Wildman–Crippen LogP) is 1.56. The highest BCUT2D eigenvalue weighted by Crippen LogP contribution is 2.22. The number of hydrogen-bond donors (Lipinski definition) is 3. The number of phenols is 2. The predicted molar refractivity (Wildman–Crippen MR) is 72.6 cm³/mol. The van der Waals surface area contributed by atoms with Gasteiger partial charge in [-0.2, -0.15) is 0 Å². The first-order chi connectivity index (χ1) is 9.54. The number of benzene rings is 1. The summed E-state index contributed by atoms with van der Waals surface area (Å²) in [5.74, 6) is -0.978. The summed E-state index contributed by atoms with van der Waals surface area (Å²) in [5, 5.41) is 21.3. The van der Waals surface area contributed by atoms with Crippen LogP contribution in [0.3, 0.4) is 0 Å². The van der Waals surface area contributed by atoms with Crippen LogP contribution in [0.15, 0.2) is 18.2 Å². The van der Waals surface area contributed by atoms with Crippen LogP contribution in [0.4, 0.5) is 0 Å². The Labute approximate surface area is 117 Å². The maximum atomic E-state index is 11.7. The molecule has 0 saturated heterocycles. The molecule has 0 atom stereocenters. The Hall–Kier alpha value is -2.24. The molecule has 6 heteroatoms. The van der Waals surface area contributed by atoms with Gasteiger partial charge in [0.1, 0.15) is 11.5 Å². The number of rotatable bonds is 7. The van der Waals surface area contributed by atoms with E-state index in [1.54, 1.807) is 0 Å². The van der Waals surface area contributed by atoms with E-state index < -0.39 is 5.91 Å². The van der Waals surface area contributed by atoms with Crippen LogP contribution in [0.25, 0.3) is 0 Å². The summed E-state index contributed by atoms with van der Waals surface area (Å²) in [6, 6.07) is 3.81. The Morgan fingerprint density at radius 1 is 1.20 bits per heavy atom. The second-order valence-electron chi connectivity index (χ2n) is 4.34. The molecule has 0 spiro atoms. The topological polar surface area (TPSA) is 95.9 Å². The molecule has 1 amide bonds. The number of esters is 1. The smallest absolute Gasteiger partial charge is 0.305 e. The van der Waals surface area contributed by atoms with Crippen LogP contribution >= 0.6 is 0 Å². The van der Waals surface area contributed by atoms with Gasteiger partial charge in [0, 0.05) is 19.0 Å². The van der Waals surface area contributed by atoms with Gasteiger partial charge < -0.3 is 20.3 Å². The summed E-state index contributed by atoms with van der Waals surface area (Å²) in [4.78, 5) is 22.6. The lowest BCUT2D eigenvalue weighted by Crippen LogP contribution is -2.24. The fourth-order valence-electron chi connectivity index (χ4n) is 1.68. The number of unbranched alkanes of at least 4 members (excludes halogenated alkanes) is 2. The van der Waals surface area contributed by atoms with Crippen molar-refractivity contribution in [1.29, 1.82) is 0 Å². The number of hydrogen-bond acceptors (Lipinski definition) is 5. The van der Waals surface area contributed by atoms with E-state index in [4.69, 9.17) is 5.11 Å². The van der Waals surface area contributed by atoms with Gasteiger partial charge in [0.05, 0.1) is 12.7 Å². The number of phenolic OH excluding ortho intramolecular Hbond substituents is 2. The molecule has 0 bridgehead atoms. The van der Waals surface area contributed by atoms with E-state index in [1.165, 1.54) is 19.2 Å². The highest BCUT2D eigenvalue weighted by Gasteiger charge is 2.10. The first-order valence-corrected chi connectivity index (χ1v) is 6.41. The number of carbonyl (C=O) groups excluding carboxylic acids is 2. The third-order valence-electron chi connectivity index (χ3n) is 2.80. The molecule has 1 rings (SSSR count). The summed E-state index contributed by atoms with van der Waals surface area (Å²) in [7, 11) is 1.35. The standard InChI is InChI=1S/C14H19NO5/c1-20-13(18)5-3-2-4-8-15-14(19)11-7-6-10(16)9-12(11)17/h6-7,9,16-17H,2-5,8H2,1H3,(H,15,19). The lowest BCUT2D eigenvalue weighted by Gasteiger charge is -2.07. The van der Waals surface area contributed by atoms with Gasteiger partial charge in [-0.25, -0.2) is 0 Å². The van der Waals surface area contributed by atoms with Crippen molar-refractivity contribution < 1.29 is 24.5 Å². The molecule has 6 nitrogen and oxygen atoms in total. The minimum absolute atomic E-state index is 0.0955. The van der Waals surface area contributed by atoms with Crippen LogP contribution < -0.4 is 5.32 Å². The molecular formula is C14H19NO5. The van der Waals surface area contributed by atoms with E-state index >= 15 is 0 Å². The summed E-state index contributed by atoms with van der Waals surface area (Å²) < 4.78 is 4.52. The lowest BCUT2D eigenvalue weighted by atomic mass is 10.1. The number of methoxy groups -OCH3 is 1. The molecule has 0 fully saturated rings. The normalized spacial score (nSPS) is 10.1. The Kier molecular flexibility index (Phi) is 6.36. The fraction of sp³-hybridized carbons (Fsp3) is 0.429. The molecule has 0 aliphatic heterocycles. The molecule has 3 N–H and O–H groups in total. The van der Waals surface area contributed by atoms with Crippen LogP contribution in [-0.4, -0.2) is 35.7 Å². The van der Waals surface area contributed by atoms with Crippen LogP contribution in [0.1, 0.15) is 36.0 Å². The maximum Gasteiger partial charge on any atom is 0.305 e. The van der Waals surface area contributed by atoms with E-state index in [9.17, 15) is 14.7 Å². The van der Waals surface area contributed by atoms with Gasteiger partial charge in [-0.1, -0.05) is 6.42 Å². The number of nitrogens with one attached hydrogen (secondary N) is 1. The van der Waals surface area contributed by atoms with Gasteiger partial charge in [-0.05, 0) is 25.0 Å². The molecule has 0 aliphatic carbocycles. The molecule has 0 aromatic heterocycles. The summed E-state index contributed by atoms with van der Waals surface area (Å²) in [6.07, 6.45) is 2.63. The summed E-state index contributed by atoms with van der Waals surface area (Å²) in [5.41, 5.74) is 0.123. The van der Waals surface area contributed by atoms with Crippen LogP contribution in [0.2, 0.25) is 0 Å².